The zero-order valence-corrected chi connectivity index (χ0v) is 17.9. The van der Waals surface area contributed by atoms with E-state index in [1.807, 2.05) is 35.2 Å². The molecule has 1 amide bonds. The number of fused-ring (bicyclic) bond motifs is 1. The highest BCUT2D eigenvalue weighted by Crippen LogP contribution is 2.33. The maximum absolute atomic E-state index is 13.2. The number of carbonyl (C=O) groups is 1. The molecule has 0 radical (unpaired) electrons. The van der Waals surface area contributed by atoms with Crippen LogP contribution in [-0.2, 0) is 4.79 Å². The van der Waals surface area contributed by atoms with Crippen LogP contribution >= 0.6 is 0 Å². The molecule has 162 valence electrons. The van der Waals surface area contributed by atoms with Gasteiger partial charge in [0.25, 0.3) is 0 Å². The molecule has 0 aromatic heterocycles. The molecule has 0 saturated heterocycles. The van der Waals surface area contributed by atoms with E-state index < -0.39 is 6.17 Å². The lowest BCUT2D eigenvalue weighted by molar-refractivity contribution is -0.127. The SMILES string of the molecule is CCCN(CCC)C(=O)C1=Cc2ccc(-c3cccc(N=O)c3)cc2NC(N=NN)C1. The van der Waals surface area contributed by atoms with Crippen molar-refractivity contribution in [2.45, 2.75) is 39.3 Å². The Hall–Kier alpha value is -3.55. The van der Waals surface area contributed by atoms with E-state index in [4.69, 9.17) is 5.84 Å². The van der Waals surface area contributed by atoms with Crippen molar-refractivity contribution in [3.8, 4) is 11.1 Å². The largest absolute Gasteiger partial charge is 0.361 e. The Labute approximate surface area is 182 Å². The molecular weight excluding hydrogens is 392 g/mol. The van der Waals surface area contributed by atoms with Gasteiger partial charge in [0.05, 0.1) is 0 Å². The van der Waals surface area contributed by atoms with Gasteiger partial charge >= 0.3 is 0 Å². The van der Waals surface area contributed by atoms with Crippen molar-refractivity contribution >= 4 is 23.4 Å². The summed E-state index contributed by atoms with van der Waals surface area (Å²) in [6, 6.07) is 13.0. The van der Waals surface area contributed by atoms with Gasteiger partial charge in [-0.05, 0) is 59.0 Å². The minimum atomic E-state index is -0.454. The third-order valence-corrected chi connectivity index (χ3v) is 5.16. The standard InChI is InChI=1S/C23H28N6O2/c1-3-10-29(11-4-2)23(30)19-12-18-9-8-17(16-6-5-7-20(13-16)27-31)14-21(18)25-22(15-19)26-28-24/h5-9,12-14,22,25H,3-4,10-11,15H2,1-2H3,(H2,24,26). The number of nitroso groups, excluding NO2 is 1. The molecule has 0 aliphatic carbocycles. The minimum absolute atomic E-state index is 0.0180. The summed E-state index contributed by atoms with van der Waals surface area (Å²) in [4.78, 5) is 26.0. The first kappa shape index (κ1) is 22.1. The summed E-state index contributed by atoms with van der Waals surface area (Å²) < 4.78 is 0. The lowest BCUT2D eigenvalue weighted by atomic mass is 10.0. The summed E-state index contributed by atoms with van der Waals surface area (Å²) in [6.07, 6.45) is 3.65. The lowest BCUT2D eigenvalue weighted by Crippen LogP contribution is -2.34. The highest BCUT2D eigenvalue weighted by atomic mass is 16.3. The first-order chi connectivity index (χ1) is 15.1. The van der Waals surface area contributed by atoms with Crippen LogP contribution in [0.4, 0.5) is 11.4 Å². The molecule has 2 aromatic rings. The van der Waals surface area contributed by atoms with Gasteiger partial charge in [-0.15, -0.1) is 10.0 Å². The Balaban J connectivity index is 2.01. The quantitative estimate of drug-likeness (QED) is 0.263. The molecule has 31 heavy (non-hydrogen) atoms. The van der Waals surface area contributed by atoms with Crippen molar-refractivity contribution in [3.05, 3.63) is 58.5 Å². The fourth-order valence-corrected chi connectivity index (χ4v) is 3.77. The van der Waals surface area contributed by atoms with E-state index >= 15 is 0 Å². The number of rotatable bonds is 8. The number of nitrogens with one attached hydrogen (secondary N) is 1. The van der Waals surface area contributed by atoms with Gasteiger partial charge in [0.1, 0.15) is 11.9 Å². The molecule has 8 nitrogen and oxygen atoms in total. The van der Waals surface area contributed by atoms with Gasteiger partial charge in [-0.2, -0.15) is 0 Å². The molecule has 0 fully saturated rings. The number of nitrogens with zero attached hydrogens (tertiary/aromatic N) is 4. The molecule has 8 heteroatoms. The van der Waals surface area contributed by atoms with Crippen LogP contribution in [0, 0.1) is 4.91 Å². The van der Waals surface area contributed by atoms with Gasteiger partial charge < -0.3 is 16.1 Å². The highest BCUT2D eigenvalue weighted by Gasteiger charge is 2.24. The van der Waals surface area contributed by atoms with Crippen molar-refractivity contribution in [1.29, 1.82) is 0 Å². The minimum Gasteiger partial charge on any atom is -0.361 e. The molecule has 1 unspecified atom stereocenters. The lowest BCUT2D eigenvalue weighted by Gasteiger charge is -2.23. The van der Waals surface area contributed by atoms with E-state index in [-0.39, 0.29) is 5.91 Å². The number of anilines is 1. The fraction of sp³-hybridized carbons (Fsp3) is 0.348. The molecule has 1 aliphatic rings. The number of hydrogen-bond acceptors (Lipinski definition) is 6. The van der Waals surface area contributed by atoms with Crippen LogP contribution in [0.3, 0.4) is 0 Å². The molecule has 2 aromatic carbocycles. The predicted octanol–water partition coefficient (Wildman–Crippen LogP) is 5.25. The topological polar surface area (TPSA) is 113 Å². The number of carbonyl (C=O) groups excluding carboxylic acids is 1. The van der Waals surface area contributed by atoms with Gasteiger partial charge in [0, 0.05) is 30.8 Å². The molecule has 3 rings (SSSR count). The second-order valence-electron chi connectivity index (χ2n) is 7.50. The number of benzene rings is 2. The number of amides is 1. The zero-order valence-electron chi connectivity index (χ0n) is 17.9. The normalized spacial score (nSPS) is 15.5. The fourth-order valence-electron chi connectivity index (χ4n) is 3.77. The van der Waals surface area contributed by atoms with Gasteiger partial charge in [0.2, 0.25) is 5.91 Å². The van der Waals surface area contributed by atoms with Crippen LogP contribution in [0.15, 0.2) is 63.6 Å². The average molecular weight is 421 g/mol. The maximum atomic E-state index is 13.2. The third kappa shape index (κ3) is 5.33. The first-order valence-corrected chi connectivity index (χ1v) is 10.5. The van der Waals surface area contributed by atoms with E-state index in [1.165, 1.54) is 0 Å². The monoisotopic (exact) mass is 420 g/mol. The van der Waals surface area contributed by atoms with Crippen molar-refractivity contribution in [1.82, 2.24) is 4.90 Å². The number of nitrogens with two attached hydrogens (primary N) is 1. The van der Waals surface area contributed by atoms with E-state index in [0.29, 0.717) is 30.8 Å². The van der Waals surface area contributed by atoms with E-state index in [1.54, 1.807) is 18.2 Å². The summed E-state index contributed by atoms with van der Waals surface area (Å²) in [5.41, 5.74) is 4.54. The maximum Gasteiger partial charge on any atom is 0.249 e. The van der Waals surface area contributed by atoms with Gasteiger partial charge in [-0.25, -0.2) is 0 Å². The Bertz CT molecular complexity index is 995. The smallest absolute Gasteiger partial charge is 0.249 e. The van der Waals surface area contributed by atoms with Crippen LogP contribution in [0.2, 0.25) is 0 Å². The van der Waals surface area contributed by atoms with Crippen LogP contribution < -0.4 is 11.2 Å². The van der Waals surface area contributed by atoms with Crippen molar-refractivity contribution in [2.24, 2.45) is 21.4 Å². The molecule has 0 saturated carbocycles. The van der Waals surface area contributed by atoms with Gasteiger partial charge in [-0.3, -0.25) is 4.79 Å². The van der Waals surface area contributed by atoms with Gasteiger partial charge in [-0.1, -0.05) is 43.3 Å². The second-order valence-corrected chi connectivity index (χ2v) is 7.50. The molecule has 0 bridgehead atoms. The summed E-state index contributed by atoms with van der Waals surface area (Å²) in [6.45, 7) is 5.56. The van der Waals surface area contributed by atoms with Crippen molar-refractivity contribution in [2.75, 3.05) is 18.4 Å². The van der Waals surface area contributed by atoms with Crippen molar-refractivity contribution in [3.63, 3.8) is 0 Å². The predicted molar refractivity (Wildman–Crippen MR) is 124 cm³/mol. The summed E-state index contributed by atoms with van der Waals surface area (Å²) >= 11 is 0. The Morgan fingerprint density at radius 1 is 1.13 bits per heavy atom. The Kier molecular flexibility index (Phi) is 7.48. The first-order valence-electron chi connectivity index (χ1n) is 10.5. The van der Waals surface area contributed by atoms with Crippen LogP contribution in [0.5, 0.6) is 0 Å². The molecule has 1 atom stereocenters. The second kappa shape index (κ2) is 10.5. The van der Waals surface area contributed by atoms with Gasteiger partial charge in [0.15, 0.2) is 0 Å². The van der Waals surface area contributed by atoms with Crippen LogP contribution in [0.25, 0.3) is 17.2 Å². The highest BCUT2D eigenvalue weighted by molar-refractivity contribution is 5.99. The van der Waals surface area contributed by atoms with E-state index in [9.17, 15) is 9.70 Å². The Morgan fingerprint density at radius 2 is 1.87 bits per heavy atom. The van der Waals surface area contributed by atoms with E-state index in [0.717, 1.165) is 35.2 Å². The zero-order chi connectivity index (χ0) is 22.2. The molecular formula is C23H28N6O2. The molecule has 3 N–H and O–H groups in total. The molecule has 1 heterocycles. The average Bonchev–Trinajstić information content (AvgIpc) is 2.97. The van der Waals surface area contributed by atoms with Crippen LogP contribution in [-0.4, -0.2) is 30.1 Å². The summed E-state index contributed by atoms with van der Waals surface area (Å²) in [7, 11) is 0. The summed E-state index contributed by atoms with van der Waals surface area (Å²) in [5.74, 6) is 5.34. The van der Waals surface area contributed by atoms with Crippen LogP contribution in [0.1, 0.15) is 38.7 Å². The molecule has 1 aliphatic heterocycles. The molecule has 0 spiro atoms. The van der Waals surface area contributed by atoms with E-state index in [2.05, 4.69) is 34.7 Å². The third-order valence-electron chi connectivity index (χ3n) is 5.16. The number of hydrogen-bond donors (Lipinski definition) is 2. The summed E-state index contributed by atoms with van der Waals surface area (Å²) in [5, 5.41) is 13.9. The Morgan fingerprint density at radius 3 is 2.55 bits per heavy atom. The van der Waals surface area contributed by atoms with Crippen molar-refractivity contribution < 1.29 is 4.79 Å².